The van der Waals surface area contributed by atoms with Crippen LogP contribution in [0.4, 0.5) is 11.4 Å². The van der Waals surface area contributed by atoms with Gasteiger partial charge in [0.1, 0.15) is 0 Å². The van der Waals surface area contributed by atoms with Gasteiger partial charge < -0.3 is 30.7 Å². The molecule has 170 valence electrons. The van der Waals surface area contributed by atoms with E-state index in [0.717, 1.165) is 11.1 Å². The maximum Gasteiger partial charge on any atom is 0.259 e. The van der Waals surface area contributed by atoms with Crippen molar-refractivity contribution in [2.75, 3.05) is 30.4 Å². The number of carbonyl (C=O) groups excluding carboxylic acids is 3. The van der Waals surface area contributed by atoms with Crippen LogP contribution in [-0.4, -0.2) is 60.1 Å². The highest BCUT2D eigenvalue weighted by molar-refractivity contribution is 6.04. The summed E-state index contributed by atoms with van der Waals surface area (Å²) in [5, 5.41) is 13.1. The van der Waals surface area contributed by atoms with E-state index in [9.17, 15) is 19.5 Å². The molecule has 0 radical (unpaired) electrons. The summed E-state index contributed by atoms with van der Waals surface area (Å²) in [6.07, 6.45) is -3.00. The molecule has 0 aromatic heterocycles. The molecule has 2 aliphatic rings. The van der Waals surface area contributed by atoms with Gasteiger partial charge in [0.25, 0.3) is 17.7 Å². The first-order valence-electron chi connectivity index (χ1n) is 9.98. The highest BCUT2D eigenvalue weighted by Gasteiger charge is 2.39. The second-order valence-corrected chi connectivity index (χ2v) is 7.62. The van der Waals surface area contributed by atoms with Crippen LogP contribution in [-0.2, 0) is 27.4 Å². The quantitative estimate of drug-likeness (QED) is 0.608. The van der Waals surface area contributed by atoms with Crippen LogP contribution >= 0.6 is 12.4 Å². The fraction of sp³-hybridized carbons (Fsp3) is 0.318. The molecule has 1 fully saturated rings. The minimum Gasteiger partial charge on any atom is -0.380 e. The molecule has 32 heavy (non-hydrogen) atoms. The molecule has 1 saturated heterocycles. The van der Waals surface area contributed by atoms with Crippen molar-refractivity contribution in [3.63, 3.8) is 0 Å². The molecule has 0 bridgehead atoms. The van der Waals surface area contributed by atoms with Gasteiger partial charge in [0.15, 0.2) is 12.2 Å². The van der Waals surface area contributed by atoms with Gasteiger partial charge in [0, 0.05) is 43.6 Å². The lowest BCUT2D eigenvalue weighted by atomic mass is 10.1. The lowest BCUT2D eigenvalue weighted by Gasteiger charge is -2.34. The Morgan fingerprint density at radius 1 is 1.25 bits per heavy atom. The van der Waals surface area contributed by atoms with Crippen molar-refractivity contribution in [3.8, 4) is 0 Å². The van der Waals surface area contributed by atoms with Crippen LogP contribution in [0, 0.1) is 0 Å². The summed E-state index contributed by atoms with van der Waals surface area (Å²) in [6.45, 7) is 1.30. The van der Waals surface area contributed by atoms with Gasteiger partial charge >= 0.3 is 0 Å². The monoisotopic (exact) mass is 460 g/mol. The van der Waals surface area contributed by atoms with Crippen LogP contribution in [0.5, 0.6) is 0 Å². The zero-order valence-electron chi connectivity index (χ0n) is 17.5. The van der Waals surface area contributed by atoms with E-state index in [1.165, 1.54) is 4.90 Å². The van der Waals surface area contributed by atoms with E-state index in [2.05, 4.69) is 5.32 Å². The third kappa shape index (κ3) is 4.46. The van der Waals surface area contributed by atoms with Crippen LogP contribution < -0.4 is 16.0 Å². The van der Waals surface area contributed by atoms with Crippen LogP contribution in [0.3, 0.4) is 0 Å². The molecule has 0 spiro atoms. The number of amides is 3. The number of nitrogens with two attached hydrogens (primary N) is 1. The molecule has 0 saturated carbocycles. The number of anilines is 2. The predicted octanol–water partition coefficient (Wildman–Crippen LogP) is 0.884. The van der Waals surface area contributed by atoms with E-state index in [4.69, 9.17) is 10.5 Å². The second kappa shape index (κ2) is 9.66. The van der Waals surface area contributed by atoms with Gasteiger partial charge in [-0.3, -0.25) is 14.4 Å². The van der Waals surface area contributed by atoms with E-state index in [0.29, 0.717) is 30.0 Å². The Morgan fingerprint density at radius 2 is 1.97 bits per heavy atom. The number of carbonyl (C=O) groups is 3. The first-order valence-corrected chi connectivity index (χ1v) is 9.98. The largest absolute Gasteiger partial charge is 0.380 e. The molecule has 10 heteroatoms. The molecule has 2 heterocycles. The van der Waals surface area contributed by atoms with Crippen molar-refractivity contribution in [1.29, 1.82) is 0 Å². The van der Waals surface area contributed by atoms with Gasteiger partial charge in [-0.1, -0.05) is 12.1 Å². The number of fused-ring (bicyclic) bond motifs is 1. The number of aliphatic hydroxyl groups excluding tert-OH is 1. The number of aliphatic hydroxyl groups is 1. The number of nitrogens with one attached hydrogen (secondary N) is 1. The molecule has 2 aliphatic heterocycles. The second-order valence-electron chi connectivity index (χ2n) is 7.62. The van der Waals surface area contributed by atoms with E-state index < -0.39 is 24.0 Å². The summed E-state index contributed by atoms with van der Waals surface area (Å²) < 4.78 is 5.44. The number of hydrogen-bond donors (Lipinski definition) is 3. The molecule has 2 aromatic rings. The highest BCUT2D eigenvalue weighted by atomic mass is 35.5. The Morgan fingerprint density at radius 3 is 2.66 bits per heavy atom. The summed E-state index contributed by atoms with van der Waals surface area (Å²) in [7, 11) is 1.72. The molecule has 4 rings (SSSR count). The number of morpholine rings is 1. The van der Waals surface area contributed by atoms with E-state index in [-0.39, 0.29) is 31.5 Å². The van der Waals surface area contributed by atoms with Gasteiger partial charge in [0.05, 0.1) is 6.61 Å². The summed E-state index contributed by atoms with van der Waals surface area (Å²) >= 11 is 0. The average Bonchev–Trinajstić information content (AvgIpc) is 3.06. The Hall–Kier alpha value is -2.98. The molecule has 0 aliphatic carbocycles. The summed E-state index contributed by atoms with van der Waals surface area (Å²) in [5.41, 5.74) is 9.00. The van der Waals surface area contributed by atoms with Gasteiger partial charge in [0.2, 0.25) is 0 Å². The Balaban J connectivity index is 0.00000289. The predicted molar refractivity (Wildman–Crippen MR) is 121 cm³/mol. The van der Waals surface area contributed by atoms with Crippen molar-refractivity contribution in [3.05, 3.63) is 59.2 Å². The van der Waals surface area contributed by atoms with Gasteiger partial charge in [-0.05, 0) is 41.5 Å². The van der Waals surface area contributed by atoms with Crippen molar-refractivity contribution in [1.82, 2.24) is 4.90 Å². The number of hydrogen-bond acceptors (Lipinski definition) is 6. The standard InChI is InChI=1S/C22H24N4O5.ClH/c1-25-12-14-10-16(6-7-17(14)21(25)29)26-8-9-31-19(22(26)30)18(27)20(28)24-15-4-2-13(11-23)3-5-15;/h2-7,10,18-19,27H,8-9,11-12,23H2,1H3,(H,24,28);1H/t18?,19-;/m1./s1. The van der Waals surface area contributed by atoms with E-state index in [1.807, 2.05) is 0 Å². The summed E-state index contributed by atoms with van der Waals surface area (Å²) in [4.78, 5) is 40.7. The van der Waals surface area contributed by atoms with Crippen LogP contribution in [0.1, 0.15) is 21.5 Å². The topological polar surface area (TPSA) is 125 Å². The number of rotatable bonds is 5. The molecule has 3 amide bonds. The van der Waals surface area contributed by atoms with Gasteiger partial charge in [-0.2, -0.15) is 0 Å². The molecule has 2 atom stereocenters. The van der Waals surface area contributed by atoms with E-state index in [1.54, 1.807) is 54.4 Å². The van der Waals surface area contributed by atoms with Crippen molar-refractivity contribution < 1.29 is 24.2 Å². The third-order valence-electron chi connectivity index (χ3n) is 5.52. The molecule has 2 aromatic carbocycles. The Kier molecular flexibility index (Phi) is 7.15. The number of benzene rings is 2. The zero-order chi connectivity index (χ0) is 22.1. The summed E-state index contributed by atoms with van der Waals surface area (Å²) in [6, 6.07) is 12.1. The van der Waals surface area contributed by atoms with Crippen molar-refractivity contribution >= 4 is 41.5 Å². The third-order valence-corrected chi connectivity index (χ3v) is 5.52. The van der Waals surface area contributed by atoms with Crippen LogP contribution in [0.25, 0.3) is 0 Å². The molecule has 4 N–H and O–H groups in total. The maximum atomic E-state index is 13.0. The lowest BCUT2D eigenvalue weighted by Crippen LogP contribution is -2.55. The molecular formula is C22H25ClN4O5. The smallest absolute Gasteiger partial charge is 0.259 e. The first kappa shape index (κ1) is 23.7. The van der Waals surface area contributed by atoms with Gasteiger partial charge in [-0.15, -0.1) is 12.4 Å². The maximum absolute atomic E-state index is 13.0. The van der Waals surface area contributed by atoms with Gasteiger partial charge in [-0.25, -0.2) is 0 Å². The van der Waals surface area contributed by atoms with Crippen molar-refractivity contribution in [2.45, 2.75) is 25.3 Å². The number of nitrogens with zero attached hydrogens (tertiary/aromatic N) is 2. The SMILES string of the molecule is CN1Cc2cc(N3CCO[C@H](C(O)C(=O)Nc4ccc(CN)cc4)C3=O)ccc2C1=O.Cl. The molecular weight excluding hydrogens is 436 g/mol. The fourth-order valence-electron chi connectivity index (χ4n) is 3.79. The average molecular weight is 461 g/mol. The number of ether oxygens (including phenoxy) is 1. The Labute approximate surface area is 191 Å². The number of halogens is 1. The van der Waals surface area contributed by atoms with Crippen molar-refractivity contribution in [2.24, 2.45) is 5.73 Å². The first-order chi connectivity index (χ1) is 14.9. The normalized spacial score (nSPS) is 18.8. The fourth-order valence-corrected chi connectivity index (χ4v) is 3.79. The summed E-state index contributed by atoms with van der Waals surface area (Å²) in [5.74, 6) is -1.30. The van der Waals surface area contributed by atoms with Crippen LogP contribution in [0.2, 0.25) is 0 Å². The minimum absolute atomic E-state index is 0. The molecule has 1 unspecified atom stereocenters. The van der Waals surface area contributed by atoms with E-state index >= 15 is 0 Å². The minimum atomic E-state index is -1.67. The lowest BCUT2D eigenvalue weighted by molar-refractivity contribution is -0.150. The Bertz CT molecular complexity index is 1030. The zero-order valence-corrected chi connectivity index (χ0v) is 18.3. The molecule has 9 nitrogen and oxygen atoms in total. The van der Waals surface area contributed by atoms with Crippen LogP contribution in [0.15, 0.2) is 42.5 Å². The highest BCUT2D eigenvalue weighted by Crippen LogP contribution is 2.28.